The summed E-state index contributed by atoms with van der Waals surface area (Å²) in [4.78, 5) is 26.9. The number of carbonyl (C=O) groups is 2. The van der Waals surface area contributed by atoms with E-state index in [2.05, 4.69) is 5.32 Å². The van der Waals surface area contributed by atoms with Crippen LogP contribution >= 0.6 is 11.3 Å². The summed E-state index contributed by atoms with van der Waals surface area (Å²) in [5.74, 6) is -0.786. The monoisotopic (exact) mass is 476 g/mol. The fourth-order valence-electron chi connectivity index (χ4n) is 4.28. The Morgan fingerprint density at radius 2 is 1.72 bits per heavy atom. The second-order valence-electron chi connectivity index (χ2n) is 8.08. The molecule has 1 N–H and O–H groups in total. The highest BCUT2D eigenvalue weighted by atomic mass is 32.2. The summed E-state index contributed by atoms with van der Waals surface area (Å²) in [6, 6.07) is 5.97. The summed E-state index contributed by atoms with van der Waals surface area (Å²) in [7, 11) is -3.53. The molecule has 1 aliphatic heterocycles. The smallest absolute Gasteiger partial charge is 0.341 e. The summed E-state index contributed by atoms with van der Waals surface area (Å²) in [6.45, 7) is 3.09. The lowest BCUT2D eigenvalue weighted by molar-refractivity contribution is 0.0527. The Morgan fingerprint density at radius 3 is 2.41 bits per heavy atom. The fourth-order valence-corrected chi connectivity index (χ4v) is 7.07. The van der Waals surface area contributed by atoms with Gasteiger partial charge < -0.3 is 10.1 Å². The van der Waals surface area contributed by atoms with Crippen LogP contribution in [-0.4, -0.2) is 44.3 Å². The Morgan fingerprint density at radius 1 is 1.03 bits per heavy atom. The molecule has 7 nitrogen and oxygen atoms in total. The normalized spacial score (nSPS) is 16.9. The number of ether oxygens (including phenoxy) is 1. The topological polar surface area (TPSA) is 92.8 Å². The zero-order valence-electron chi connectivity index (χ0n) is 18.2. The zero-order valence-corrected chi connectivity index (χ0v) is 19.8. The van der Waals surface area contributed by atoms with Gasteiger partial charge in [-0.3, -0.25) is 4.79 Å². The molecule has 0 atom stereocenters. The summed E-state index contributed by atoms with van der Waals surface area (Å²) in [6.07, 6.45) is 6.63. The molecule has 1 amide bonds. The second kappa shape index (κ2) is 9.72. The van der Waals surface area contributed by atoms with Crippen molar-refractivity contribution in [3.63, 3.8) is 0 Å². The molecule has 0 bridgehead atoms. The molecule has 1 fully saturated rings. The highest BCUT2D eigenvalue weighted by molar-refractivity contribution is 7.89. The fraction of sp³-hybridized carbons (Fsp3) is 0.478. The Bertz CT molecular complexity index is 1100. The molecular weight excluding hydrogens is 448 g/mol. The van der Waals surface area contributed by atoms with E-state index in [1.165, 1.54) is 39.9 Å². The number of thiophene rings is 1. The average Bonchev–Trinajstić information content (AvgIpc) is 3.38. The molecule has 2 heterocycles. The van der Waals surface area contributed by atoms with E-state index in [4.69, 9.17) is 4.74 Å². The maximum Gasteiger partial charge on any atom is 0.341 e. The van der Waals surface area contributed by atoms with Gasteiger partial charge >= 0.3 is 5.97 Å². The molecule has 0 unspecified atom stereocenters. The molecular formula is C23H28N2O5S2. The molecule has 1 aliphatic carbocycles. The zero-order chi connectivity index (χ0) is 22.7. The van der Waals surface area contributed by atoms with Crippen LogP contribution in [0.5, 0.6) is 0 Å². The number of hydrogen-bond acceptors (Lipinski definition) is 6. The third kappa shape index (κ3) is 4.60. The Balaban J connectivity index is 1.57. The molecule has 1 saturated heterocycles. The third-order valence-corrected chi connectivity index (χ3v) is 9.07. The van der Waals surface area contributed by atoms with Gasteiger partial charge in [0.1, 0.15) is 5.00 Å². The SMILES string of the molecule is CCOC(=O)c1c(NC(=O)c2ccc(S(=O)(=O)N3CCCC3)cc2)sc2c1CCCCC2. The number of nitrogens with zero attached hydrogens (tertiary/aromatic N) is 1. The van der Waals surface area contributed by atoms with E-state index in [1.807, 2.05) is 0 Å². The van der Waals surface area contributed by atoms with Crippen LogP contribution in [-0.2, 0) is 27.6 Å². The van der Waals surface area contributed by atoms with Gasteiger partial charge in [-0.25, -0.2) is 13.2 Å². The van der Waals surface area contributed by atoms with Crippen LogP contribution < -0.4 is 5.32 Å². The summed E-state index contributed by atoms with van der Waals surface area (Å²) >= 11 is 1.44. The number of anilines is 1. The Labute approximate surface area is 192 Å². The molecule has 9 heteroatoms. The van der Waals surface area contributed by atoms with Crippen LogP contribution in [0.15, 0.2) is 29.2 Å². The van der Waals surface area contributed by atoms with E-state index >= 15 is 0 Å². The van der Waals surface area contributed by atoms with Gasteiger partial charge in [0.05, 0.1) is 17.1 Å². The number of amides is 1. The molecule has 1 aromatic heterocycles. The lowest BCUT2D eigenvalue weighted by atomic mass is 10.1. The van der Waals surface area contributed by atoms with Crippen molar-refractivity contribution >= 4 is 38.2 Å². The quantitative estimate of drug-likeness (QED) is 0.498. The van der Waals surface area contributed by atoms with Crippen molar-refractivity contribution in [2.24, 2.45) is 0 Å². The first-order valence-electron chi connectivity index (χ1n) is 11.1. The molecule has 0 saturated carbocycles. The van der Waals surface area contributed by atoms with Crippen molar-refractivity contribution in [3.8, 4) is 0 Å². The van der Waals surface area contributed by atoms with Crippen molar-refractivity contribution in [1.29, 1.82) is 0 Å². The van der Waals surface area contributed by atoms with E-state index < -0.39 is 16.0 Å². The van der Waals surface area contributed by atoms with Gasteiger partial charge in [-0.15, -0.1) is 11.3 Å². The first-order valence-corrected chi connectivity index (χ1v) is 13.4. The maximum atomic E-state index is 12.9. The minimum Gasteiger partial charge on any atom is -0.462 e. The number of nitrogens with one attached hydrogen (secondary N) is 1. The lowest BCUT2D eigenvalue weighted by Crippen LogP contribution is -2.27. The molecule has 1 aromatic carbocycles. The van der Waals surface area contributed by atoms with Gasteiger partial charge in [0.25, 0.3) is 5.91 Å². The van der Waals surface area contributed by atoms with Crippen LogP contribution in [0.3, 0.4) is 0 Å². The number of aryl methyl sites for hydroxylation is 1. The van der Waals surface area contributed by atoms with Crippen molar-refractivity contribution in [3.05, 3.63) is 45.8 Å². The number of carbonyl (C=O) groups excluding carboxylic acids is 2. The van der Waals surface area contributed by atoms with E-state index in [-0.39, 0.29) is 17.4 Å². The Kier molecular flexibility index (Phi) is 6.97. The number of benzene rings is 1. The van der Waals surface area contributed by atoms with Crippen molar-refractivity contribution in [1.82, 2.24) is 4.31 Å². The highest BCUT2D eigenvalue weighted by Crippen LogP contribution is 2.38. The van der Waals surface area contributed by atoms with Gasteiger partial charge in [-0.2, -0.15) is 4.31 Å². The van der Waals surface area contributed by atoms with Gasteiger partial charge in [-0.1, -0.05) is 6.42 Å². The largest absolute Gasteiger partial charge is 0.462 e. The minimum absolute atomic E-state index is 0.186. The van der Waals surface area contributed by atoms with Crippen molar-refractivity contribution in [2.45, 2.75) is 56.8 Å². The second-order valence-corrected chi connectivity index (χ2v) is 11.1. The Hall–Kier alpha value is -2.23. The predicted molar refractivity (Wildman–Crippen MR) is 124 cm³/mol. The van der Waals surface area contributed by atoms with Crippen molar-refractivity contribution < 1.29 is 22.7 Å². The van der Waals surface area contributed by atoms with E-state index in [0.717, 1.165) is 55.4 Å². The third-order valence-electron chi connectivity index (χ3n) is 5.95. The molecule has 2 aromatic rings. The summed E-state index contributed by atoms with van der Waals surface area (Å²) in [5, 5.41) is 3.38. The van der Waals surface area contributed by atoms with Crippen LogP contribution in [0, 0.1) is 0 Å². The predicted octanol–water partition coefficient (Wildman–Crippen LogP) is 4.23. The molecule has 172 valence electrons. The molecule has 2 aliphatic rings. The average molecular weight is 477 g/mol. The molecule has 4 rings (SSSR count). The van der Waals surface area contributed by atoms with Crippen LogP contribution in [0.2, 0.25) is 0 Å². The maximum absolute atomic E-state index is 12.9. The molecule has 32 heavy (non-hydrogen) atoms. The van der Waals surface area contributed by atoms with E-state index in [1.54, 1.807) is 6.92 Å². The first-order chi connectivity index (χ1) is 15.4. The summed E-state index contributed by atoms with van der Waals surface area (Å²) < 4.78 is 32.2. The lowest BCUT2D eigenvalue weighted by Gasteiger charge is -2.15. The molecule has 0 spiro atoms. The standard InChI is InChI=1S/C23H28N2O5S2/c1-2-30-23(27)20-18-8-4-3-5-9-19(18)31-22(20)24-21(26)16-10-12-17(13-11-16)32(28,29)25-14-6-7-15-25/h10-13H,2-9,14-15H2,1H3,(H,24,26). The number of fused-ring (bicyclic) bond motifs is 1. The van der Waals surface area contributed by atoms with Crippen molar-refractivity contribution in [2.75, 3.05) is 25.0 Å². The summed E-state index contributed by atoms with van der Waals surface area (Å²) in [5.41, 5.74) is 1.80. The number of esters is 1. The van der Waals surface area contributed by atoms with Gasteiger partial charge in [0.2, 0.25) is 10.0 Å². The van der Waals surface area contributed by atoms with Gasteiger partial charge in [-0.05, 0) is 75.3 Å². The highest BCUT2D eigenvalue weighted by Gasteiger charge is 2.28. The number of rotatable bonds is 6. The van der Waals surface area contributed by atoms with Crippen LogP contribution in [0.4, 0.5) is 5.00 Å². The number of hydrogen-bond donors (Lipinski definition) is 1. The van der Waals surface area contributed by atoms with Crippen LogP contribution in [0.25, 0.3) is 0 Å². The number of sulfonamides is 1. The van der Waals surface area contributed by atoms with E-state index in [0.29, 0.717) is 29.2 Å². The molecule has 0 radical (unpaired) electrons. The van der Waals surface area contributed by atoms with Gasteiger partial charge in [0, 0.05) is 23.5 Å². The minimum atomic E-state index is -3.53. The van der Waals surface area contributed by atoms with Crippen LogP contribution in [0.1, 0.15) is 70.2 Å². The van der Waals surface area contributed by atoms with Gasteiger partial charge in [0.15, 0.2) is 0 Å². The van der Waals surface area contributed by atoms with E-state index in [9.17, 15) is 18.0 Å². The first kappa shape index (κ1) is 22.9.